The maximum Gasteiger partial charge on any atom is 0.224 e. The second kappa shape index (κ2) is 6.18. The molecule has 1 heterocycles. The Bertz CT molecular complexity index is 681. The molecule has 22 heavy (non-hydrogen) atoms. The summed E-state index contributed by atoms with van der Waals surface area (Å²) in [6.07, 6.45) is 2.33. The van der Waals surface area contributed by atoms with Gasteiger partial charge in [0.05, 0.1) is 15.7 Å². The van der Waals surface area contributed by atoms with Crippen LogP contribution in [0.4, 0.5) is 17.5 Å². The minimum atomic E-state index is -0.122. The van der Waals surface area contributed by atoms with E-state index in [0.29, 0.717) is 23.4 Å². The molecule has 0 bridgehead atoms. The van der Waals surface area contributed by atoms with Gasteiger partial charge in [-0.25, -0.2) is 4.98 Å². The van der Waals surface area contributed by atoms with Gasteiger partial charge in [0.25, 0.3) is 0 Å². The van der Waals surface area contributed by atoms with Crippen LogP contribution in [-0.4, -0.2) is 21.6 Å². The summed E-state index contributed by atoms with van der Waals surface area (Å²) in [6.45, 7) is 2.75. The van der Waals surface area contributed by atoms with Crippen LogP contribution in [0.25, 0.3) is 0 Å². The zero-order valence-corrected chi connectivity index (χ0v) is 13.5. The van der Waals surface area contributed by atoms with Crippen LogP contribution in [0.5, 0.6) is 5.75 Å². The van der Waals surface area contributed by atoms with Gasteiger partial charge in [-0.3, -0.25) is 0 Å². The van der Waals surface area contributed by atoms with Gasteiger partial charge in [-0.2, -0.15) is 4.98 Å². The number of aromatic hydroxyl groups is 1. The van der Waals surface area contributed by atoms with Gasteiger partial charge in [0.2, 0.25) is 5.95 Å². The average molecular weight is 339 g/mol. The van der Waals surface area contributed by atoms with Crippen molar-refractivity contribution in [2.24, 2.45) is 0 Å². The summed E-state index contributed by atoms with van der Waals surface area (Å²) in [4.78, 5) is 8.95. The van der Waals surface area contributed by atoms with E-state index in [0.717, 1.165) is 12.2 Å². The first-order valence-corrected chi connectivity index (χ1v) is 7.90. The van der Waals surface area contributed by atoms with Gasteiger partial charge >= 0.3 is 0 Å². The van der Waals surface area contributed by atoms with Crippen LogP contribution in [0, 0.1) is 0 Å². The van der Waals surface area contributed by atoms with E-state index in [4.69, 9.17) is 23.2 Å². The first-order valence-electron chi connectivity index (χ1n) is 7.14. The minimum Gasteiger partial charge on any atom is -0.505 e. The topological polar surface area (TPSA) is 70.1 Å². The number of phenolic OH excluding ortho intramolecular Hbond substituents is 1. The molecule has 0 spiro atoms. The summed E-state index contributed by atoms with van der Waals surface area (Å²) < 4.78 is 0. The van der Waals surface area contributed by atoms with Gasteiger partial charge in [0.15, 0.2) is 5.75 Å². The van der Waals surface area contributed by atoms with Crippen LogP contribution in [0.2, 0.25) is 10.0 Å². The highest BCUT2D eigenvalue weighted by Gasteiger charge is 2.26. The quantitative estimate of drug-likeness (QED) is 0.698. The predicted molar refractivity (Wildman–Crippen MR) is 89.6 cm³/mol. The van der Waals surface area contributed by atoms with Crippen molar-refractivity contribution < 1.29 is 5.11 Å². The molecule has 1 aliphatic rings. The van der Waals surface area contributed by atoms with Crippen molar-refractivity contribution in [3.63, 3.8) is 0 Å². The second-order valence-corrected chi connectivity index (χ2v) is 6.03. The number of benzene rings is 1. The Morgan fingerprint density at radius 1 is 1.18 bits per heavy atom. The largest absolute Gasteiger partial charge is 0.505 e. The van der Waals surface area contributed by atoms with E-state index in [-0.39, 0.29) is 15.8 Å². The smallest absolute Gasteiger partial charge is 0.224 e. The van der Waals surface area contributed by atoms with Gasteiger partial charge in [0.1, 0.15) is 5.82 Å². The van der Waals surface area contributed by atoms with Crippen LogP contribution >= 0.6 is 23.2 Å². The molecule has 0 saturated heterocycles. The summed E-state index contributed by atoms with van der Waals surface area (Å²) in [5, 5.41) is 16.3. The van der Waals surface area contributed by atoms with Gasteiger partial charge in [-0.1, -0.05) is 23.2 Å². The molecule has 5 nitrogen and oxygen atoms in total. The Morgan fingerprint density at radius 2 is 1.86 bits per heavy atom. The molecule has 1 saturated carbocycles. The third-order valence-corrected chi connectivity index (χ3v) is 3.94. The zero-order valence-electron chi connectivity index (χ0n) is 12.0. The molecule has 0 radical (unpaired) electrons. The molecule has 0 unspecified atom stereocenters. The van der Waals surface area contributed by atoms with Crippen LogP contribution in [0.3, 0.4) is 0 Å². The number of halogens is 2. The van der Waals surface area contributed by atoms with Crippen molar-refractivity contribution in [2.75, 3.05) is 17.2 Å². The fraction of sp³-hybridized carbons (Fsp3) is 0.333. The zero-order chi connectivity index (χ0) is 15.7. The molecule has 7 heteroatoms. The van der Waals surface area contributed by atoms with E-state index < -0.39 is 0 Å². The molecule has 2 aromatic rings. The lowest BCUT2D eigenvalue weighted by atomic mass is 10.2. The van der Waals surface area contributed by atoms with Gasteiger partial charge in [-0.05, 0) is 31.9 Å². The van der Waals surface area contributed by atoms with Crippen LogP contribution in [0.1, 0.15) is 31.4 Å². The molecular formula is C15H16Cl2N4O. The lowest BCUT2D eigenvalue weighted by Gasteiger charge is -2.11. The van der Waals surface area contributed by atoms with Gasteiger partial charge < -0.3 is 15.7 Å². The standard InChI is InChI=1S/C15H16Cl2N4O/c1-2-18-15-20-12(8-3-4-8)7-13(21-15)19-9-5-10(16)14(22)11(17)6-9/h5-8,22H,2-4H2,1H3,(H2,18,19,20,21). The number of rotatable bonds is 5. The molecule has 3 rings (SSSR count). The van der Waals surface area contributed by atoms with Crippen LogP contribution in [-0.2, 0) is 0 Å². The number of anilines is 3. The molecule has 0 atom stereocenters. The minimum absolute atomic E-state index is 0.122. The number of nitrogens with one attached hydrogen (secondary N) is 2. The third kappa shape index (κ3) is 3.36. The second-order valence-electron chi connectivity index (χ2n) is 5.22. The van der Waals surface area contributed by atoms with E-state index in [1.807, 2.05) is 13.0 Å². The molecule has 1 fully saturated rings. The summed E-state index contributed by atoms with van der Waals surface area (Å²) >= 11 is 11.9. The van der Waals surface area contributed by atoms with E-state index >= 15 is 0 Å². The Labute approximate surface area is 138 Å². The van der Waals surface area contributed by atoms with Crippen molar-refractivity contribution in [3.05, 3.63) is 33.9 Å². The third-order valence-electron chi connectivity index (χ3n) is 3.37. The molecule has 0 aliphatic heterocycles. The van der Waals surface area contributed by atoms with E-state index in [2.05, 4.69) is 20.6 Å². The van der Waals surface area contributed by atoms with E-state index in [9.17, 15) is 5.11 Å². The lowest BCUT2D eigenvalue weighted by molar-refractivity contribution is 0.476. The first kappa shape index (κ1) is 15.2. The number of hydrogen-bond acceptors (Lipinski definition) is 5. The van der Waals surface area contributed by atoms with Gasteiger partial charge in [0, 0.05) is 24.2 Å². The van der Waals surface area contributed by atoms with Gasteiger partial charge in [-0.15, -0.1) is 0 Å². The predicted octanol–water partition coefficient (Wildman–Crippen LogP) is 4.54. The average Bonchev–Trinajstić information content (AvgIpc) is 3.29. The molecule has 1 aliphatic carbocycles. The fourth-order valence-electron chi connectivity index (χ4n) is 2.14. The number of aromatic nitrogens is 2. The number of nitrogens with zero attached hydrogens (tertiary/aromatic N) is 2. The number of phenols is 1. The lowest BCUT2D eigenvalue weighted by Crippen LogP contribution is -2.06. The highest BCUT2D eigenvalue weighted by atomic mass is 35.5. The maximum absolute atomic E-state index is 9.61. The highest BCUT2D eigenvalue weighted by Crippen LogP contribution is 2.40. The summed E-state index contributed by atoms with van der Waals surface area (Å²) in [7, 11) is 0. The Hall–Kier alpha value is -1.72. The highest BCUT2D eigenvalue weighted by molar-refractivity contribution is 6.37. The fourth-order valence-corrected chi connectivity index (χ4v) is 2.63. The molecule has 0 amide bonds. The first-order chi connectivity index (χ1) is 10.6. The van der Waals surface area contributed by atoms with E-state index in [1.54, 1.807) is 12.1 Å². The molecule has 1 aromatic heterocycles. The summed E-state index contributed by atoms with van der Waals surface area (Å²) in [5.41, 5.74) is 1.69. The molecule has 1 aromatic carbocycles. The van der Waals surface area contributed by atoms with Crippen molar-refractivity contribution in [2.45, 2.75) is 25.7 Å². The molecule has 116 valence electrons. The van der Waals surface area contributed by atoms with Crippen LogP contribution < -0.4 is 10.6 Å². The SMILES string of the molecule is CCNc1nc(Nc2cc(Cl)c(O)c(Cl)c2)cc(C2CC2)n1. The van der Waals surface area contributed by atoms with Crippen LogP contribution in [0.15, 0.2) is 18.2 Å². The Morgan fingerprint density at radius 3 is 2.45 bits per heavy atom. The normalized spacial score (nSPS) is 14.0. The summed E-state index contributed by atoms with van der Waals surface area (Å²) in [6, 6.07) is 5.15. The van der Waals surface area contributed by atoms with E-state index in [1.165, 1.54) is 12.8 Å². The Kier molecular flexibility index (Phi) is 4.27. The number of hydrogen-bond donors (Lipinski definition) is 3. The molecule has 3 N–H and O–H groups in total. The van der Waals surface area contributed by atoms with Crippen molar-refractivity contribution in [1.82, 2.24) is 9.97 Å². The van der Waals surface area contributed by atoms with Crippen molar-refractivity contribution in [3.8, 4) is 5.75 Å². The monoisotopic (exact) mass is 338 g/mol. The van der Waals surface area contributed by atoms with Crippen molar-refractivity contribution in [1.29, 1.82) is 0 Å². The Balaban J connectivity index is 1.90. The van der Waals surface area contributed by atoms with Crippen molar-refractivity contribution >= 4 is 40.7 Å². The summed E-state index contributed by atoms with van der Waals surface area (Å²) in [5.74, 6) is 1.67. The maximum atomic E-state index is 9.61. The molecular weight excluding hydrogens is 323 g/mol.